The van der Waals surface area contributed by atoms with Gasteiger partial charge in [-0.05, 0) is 27.7 Å². The SMILES string of the molecule is CCO/C=C(/C(C)=O)C(=O)OCC.CCOC(=O)c1c[nH][nH]c1=O. The van der Waals surface area contributed by atoms with Crippen molar-refractivity contribution in [2.24, 2.45) is 0 Å². The van der Waals surface area contributed by atoms with Gasteiger partial charge in [0.2, 0.25) is 0 Å². The first-order valence-electron chi connectivity index (χ1n) is 7.31. The third-order valence-electron chi connectivity index (χ3n) is 2.38. The zero-order valence-electron chi connectivity index (χ0n) is 14.1. The quantitative estimate of drug-likeness (QED) is 0.248. The number of carbonyl (C=O) groups excluding carboxylic acids is 3. The number of nitrogens with one attached hydrogen (secondary N) is 2. The van der Waals surface area contributed by atoms with Gasteiger partial charge in [0.25, 0.3) is 5.56 Å². The van der Waals surface area contributed by atoms with E-state index >= 15 is 0 Å². The van der Waals surface area contributed by atoms with Gasteiger partial charge in [0, 0.05) is 6.20 Å². The van der Waals surface area contributed by atoms with Crippen molar-refractivity contribution in [3.63, 3.8) is 0 Å². The minimum atomic E-state index is -0.636. The normalized spacial score (nSPS) is 10.2. The van der Waals surface area contributed by atoms with E-state index in [0.717, 1.165) is 6.26 Å². The van der Waals surface area contributed by atoms with Crippen LogP contribution in [0.2, 0.25) is 0 Å². The summed E-state index contributed by atoms with van der Waals surface area (Å²) >= 11 is 0. The molecule has 0 unspecified atom stereocenters. The fourth-order valence-electron chi connectivity index (χ4n) is 1.32. The lowest BCUT2D eigenvalue weighted by Crippen LogP contribution is -2.14. The summed E-state index contributed by atoms with van der Waals surface area (Å²) in [7, 11) is 0. The van der Waals surface area contributed by atoms with Crippen LogP contribution in [0.3, 0.4) is 0 Å². The number of aromatic nitrogens is 2. The van der Waals surface area contributed by atoms with Crippen molar-refractivity contribution < 1.29 is 28.6 Å². The third-order valence-corrected chi connectivity index (χ3v) is 2.38. The topological polar surface area (TPSA) is 128 Å². The van der Waals surface area contributed by atoms with Crippen molar-refractivity contribution in [2.75, 3.05) is 19.8 Å². The van der Waals surface area contributed by atoms with Crippen LogP contribution in [0, 0.1) is 0 Å². The van der Waals surface area contributed by atoms with Crippen molar-refractivity contribution >= 4 is 17.7 Å². The summed E-state index contributed by atoms with van der Waals surface area (Å²) in [5, 5.41) is 4.63. The molecule has 1 aromatic rings. The summed E-state index contributed by atoms with van der Waals surface area (Å²) in [6, 6.07) is 0. The van der Waals surface area contributed by atoms with Crippen molar-refractivity contribution in [2.45, 2.75) is 27.7 Å². The Morgan fingerprint density at radius 2 is 1.71 bits per heavy atom. The molecule has 1 aromatic heterocycles. The van der Waals surface area contributed by atoms with Crippen LogP contribution in [-0.4, -0.2) is 47.7 Å². The Hall–Kier alpha value is -2.84. The summed E-state index contributed by atoms with van der Waals surface area (Å²) in [5.41, 5.74) is -0.501. The molecule has 0 saturated heterocycles. The molecule has 1 rings (SSSR count). The van der Waals surface area contributed by atoms with E-state index in [2.05, 4.69) is 19.7 Å². The predicted molar refractivity (Wildman–Crippen MR) is 84.4 cm³/mol. The molecule has 0 atom stereocenters. The molecular formula is C15H22N2O7. The first-order chi connectivity index (χ1) is 11.4. The largest absolute Gasteiger partial charge is 0.500 e. The Balaban J connectivity index is 0.000000446. The minimum Gasteiger partial charge on any atom is -0.500 e. The van der Waals surface area contributed by atoms with Crippen LogP contribution in [0.4, 0.5) is 0 Å². The van der Waals surface area contributed by atoms with E-state index in [1.165, 1.54) is 13.1 Å². The molecule has 0 aliphatic rings. The Morgan fingerprint density at radius 1 is 1.08 bits per heavy atom. The number of Topliss-reactive ketones (excluding diaryl/α,β-unsaturated/α-hetero) is 1. The smallest absolute Gasteiger partial charge is 0.345 e. The average molecular weight is 342 g/mol. The van der Waals surface area contributed by atoms with Gasteiger partial charge < -0.3 is 19.3 Å². The van der Waals surface area contributed by atoms with E-state index in [9.17, 15) is 19.2 Å². The van der Waals surface area contributed by atoms with Gasteiger partial charge in [-0.3, -0.25) is 14.7 Å². The number of ketones is 1. The molecule has 0 saturated carbocycles. The number of hydrogen-bond donors (Lipinski definition) is 2. The molecular weight excluding hydrogens is 320 g/mol. The Labute approximate surface area is 139 Å². The Morgan fingerprint density at radius 3 is 2.12 bits per heavy atom. The molecule has 134 valence electrons. The molecule has 9 nitrogen and oxygen atoms in total. The van der Waals surface area contributed by atoms with E-state index in [0.29, 0.717) is 6.61 Å². The van der Waals surface area contributed by atoms with Gasteiger partial charge in [-0.1, -0.05) is 0 Å². The first kappa shape index (κ1) is 21.2. The number of rotatable bonds is 7. The maximum Gasteiger partial charge on any atom is 0.345 e. The second kappa shape index (κ2) is 11.7. The van der Waals surface area contributed by atoms with Crippen LogP contribution < -0.4 is 5.56 Å². The van der Waals surface area contributed by atoms with E-state index in [1.807, 2.05) is 0 Å². The van der Waals surface area contributed by atoms with Crippen LogP contribution >= 0.6 is 0 Å². The van der Waals surface area contributed by atoms with Crippen LogP contribution in [0.25, 0.3) is 0 Å². The zero-order chi connectivity index (χ0) is 18.5. The predicted octanol–water partition coefficient (Wildman–Crippen LogP) is 0.939. The van der Waals surface area contributed by atoms with Gasteiger partial charge in [-0.15, -0.1) is 0 Å². The fourth-order valence-corrected chi connectivity index (χ4v) is 1.32. The zero-order valence-corrected chi connectivity index (χ0v) is 14.1. The highest BCUT2D eigenvalue weighted by molar-refractivity contribution is 6.16. The van der Waals surface area contributed by atoms with E-state index in [-0.39, 0.29) is 30.1 Å². The van der Waals surface area contributed by atoms with Crippen molar-refractivity contribution in [1.82, 2.24) is 10.2 Å². The summed E-state index contributed by atoms with van der Waals surface area (Å²) < 4.78 is 14.1. The highest BCUT2D eigenvalue weighted by Crippen LogP contribution is 2.00. The molecule has 0 aliphatic carbocycles. The van der Waals surface area contributed by atoms with Crippen LogP contribution in [-0.2, 0) is 23.8 Å². The maximum atomic E-state index is 11.1. The second-order valence-corrected chi connectivity index (χ2v) is 4.14. The maximum absolute atomic E-state index is 11.1. The molecule has 0 aliphatic heterocycles. The lowest BCUT2D eigenvalue weighted by molar-refractivity contribution is -0.140. The second-order valence-electron chi connectivity index (χ2n) is 4.14. The number of H-pyrrole nitrogens is 2. The molecule has 2 N–H and O–H groups in total. The van der Waals surface area contributed by atoms with Crippen LogP contribution in [0.5, 0.6) is 0 Å². The molecule has 0 aromatic carbocycles. The molecule has 0 radical (unpaired) electrons. The summed E-state index contributed by atoms with van der Waals surface area (Å²) in [6.45, 7) is 7.34. The van der Waals surface area contributed by atoms with Gasteiger partial charge in [0.05, 0.1) is 19.8 Å². The van der Waals surface area contributed by atoms with E-state index < -0.39 is 17.5 Å². The van der Waals surface area contributed by atoms with Crippen LogP contribution in [0.15, 0.2) is 22.8 Å². The number of aromatic amines is 2. The molecule has 0 amide bonds. The third kappa shape index (κ3) is 7.43. The highest BCUT2D eigenvalue weighted by atomic mass is 16.5. The van der Waals surface area contributed by atoms with Gasteiger partial charge in [-0.25, -0.2) is 9.59 Å². The average Bonchev–Trinajstić information content (AvgIpc) is 2.95. The molecule has 9 heteroatoms. The number of carbonyl (C=O) groups is 3. The summed E-state index contributed by atoms with van der Waals surface area (Å²) in [4.78, 5) is 43.6. The van der Waals surface area contributed by atoms with Crippen molar-refractivity contribution in [3.8, 4) is 0 Å². The number of esters is 2. The van der Waals surface area contributed by atoms with E-state index in [4.69, 9.17) is 4.74 Å². The molecule has 0 spiro atoms. The summed E-state index contributed by atoms with van der Waals surface area (Å²) in [6.07, 6.45) is 2.42. The molecule has 0 bridgehead atoms. The van der Waals surface area contributed by atoms with Gasteiger partial charge in [-0.2, -0.15) is 0 Å². The molecule has 1 heterocycles. The molecule has 0 fully saturated rings. The first-order valence-corrected chi connectivity index (χ1v) is 7.31. The lowest BCUT2D eigenvalue weighted by atomic mass is 10.2. The molecule has 24 heavy (non-hydrogen) atoms. The van der Waals surface area contributed by atoms with E-state index in [1.54, 1.807) is 20.8 Å². The van der Waals surface area contributed by atoms with Crippen LogP contribution in [0.1, 0.15) is 38.1 Å². The van der Waals surface area contributed by atoms with Crippen molar-refractivity contribution in [3.05, 3.63) is 33.9 Å². The van der Waals surface area contributed by atoms with Crippen molar-refractivity contribution in [1.29, 1.82) is 0 Å². The standard InChI is InChI=1S/C9H14O4.C6H8N2O3/c1-4-12-6-8(7(3)10)9(11)13-5-2;1-2-11-6(10)4-3-7-8-5(4)9/h6H,4-5H2,1-3H3;3H,2H2,1H3,(H2,7,8,9)/b8-6-;. The fraction of sp³-hybridized carbons (Fsp3) is 0.467. The summed E-state index contributed by atoms with van der Waals surface area (Å²) in [5.74, 6) is -1.59. The number of ether oxygens (including phenoxy) is 3. The minimum absolute atomic E-state index is 0.00634. The van der Waals surface area contributed by atoms with Gasteiger partial charge in [0.1, 0.15) is 17.4 Å². The Kier molecular flexibility index (Phi) is 10.3. The highest BCUT2D eigenvalue weighted by Gasteiger charge is 2.15. The monoisotopic (exact) mass is 342 g/mol. The van der Waals surface area contributed by atoms with Gasteiger partial charge in [0.15, 0.2) is 5.78 Å². The lowest BCUT2D eigenvalue weighted by Gasteiger charge is -2.03. The Bertz CT molecular complexity index is 628. The van der Waals surface area contributed by atoms with Gasteiger partial charge >= 0.3 is 11.9 Å². The number of hydrogen-bond acceptors (Lipinski definition) is 7.